The van der Waals surface area contributed by atoms with Gasteiger partial charge in [0.1, 0.15) is 0 Å². The summed E-state index contributed by atoms with van der Waals surface area (Å²) < 4.78 is 0. The Kier molecular flexibility index (Phi) is 4.57. The maximum Gasteiger partial charge on any atom is 0.317 e. The van der Waals surface area contributed by atoms with Crippen molar-refractivity contribution in [2.45, 2.75) is 32.8 Å². The average molecular weight is 315 g/mol. The van der Waals surface area contributed by atoms with E-state index in [4.69, 9.17) is 0 Å². The number of aromatic nitrogens is 1. The van der Waals surface area contributed by atoms with Gasteiger partial charge in [0.05, 0.1) is 6.10 Å². The summed E-state index contributed by atoms with van der Waals surface area (Å²) in [4.78, 5) is 17.2. The minimum Gasteiger partial charge on any atom is -0.391 e. The molecule has 0 spiro atoms. The standard InChI is InChI=1S/C18H25N3O2/c1-12-7-9-21(11-16(12)22)18(23)19-8-6-14-10-20-17-13(2)4-3-5-15(14)17/h3-5,10,12,16,20,22H,6-9,11H2,1-2H3,(H,19,23). The fraction of sp³-hybridized carbons (Fsp3) is 0.500. The number of nitrogens with zero attached hydrogens (tertiary/aromatic N) is 1. The Labute approximate surface area is 136 Å². The van der Waals surface area contributed by atoms with Gasteiger partial charge in [0.25, 0.3) is 0 Å². The van der Waals surface area contributed by atoms with Crippen molar-refractivity contribution in [3.63, 3.8) is 0 Å². The lowest BCUT2D eigenvalue weighted by Gasteiger charge is -2.34. The largest absolute Gasteiger partial charge is 0.391 e. The molecule has 3 N–H and O–H groups in total. The number of hydrogen-bond donors (Lipinski definition) is 3. The van der Waals surface area contributed by atoms with E-state index in [2.05, 4.69) is 35.4 Å². The monoisotopic (exact) mass is 315 g/mol. The first-order valence-corrected chi connectivity index (χ1v) is 8.32. The van der Waals surface area contributed by atoms with E-state index in [0.717, 1.165) is 19.4 Å². The van der Waals surface area contributed by atoms with E-state index in [0.29, 0.717) is 13.1 Å². The van der Waals surface area contributed by atoms with Gasteiger partial charge in [0, 0.05) is 36.7 Å². The number of amides is 2. The van der Waals surface area contributed by atoms with Crippen molar-refractivity contribution in [2.24, 2.45) is 5.92 Å². The van der Waals surface area contributed by atoms with Gasteiger partial charge in [0.15, 0.2) is 0 Å². The van der Waals surface area contributed by atoms with Crippen LogP contribution in [-0.4, -0.2) is 46.8 Å². The molecule has 0 aliphatic carbocycles. The van der Waals surface area contributed by atoms with Crippen molar-refractivity contribution in [1.29, 1.82) is 0 Å². The van der Waals surface area contributed by atoms with Gasteiger partial charge in [-0.3, -0.25) is 0 Å². The van der Waals surface area contributed by atoms with E-state index in [1.54, 1.807) is 4.90 Å². The van der Waals surface area contributed by atoms with Crippen molar-refractivity contribution in [1.82, 2.24) is 15.2 Å². The van der Waals surface area contributed by atoms with Crippen molar-refractivity contribution >= 4 is 16.9 Å². The molecule has 1 aliphatic heterocycles. The number of benzene rings is 1. The van der Waals surface area contributed by atoms with E-state index in [-0.39, 0.29) is 11.9 Å². The number of aryl methyl sites for hydroxylation is 1. The van der Waals surface area contributed by atoms with Crippen LogP contribution >= 0.6 is 0 Å². The maximum atomic E-state index is 12.2. The Hall–Kier alpha value is -2.01. The molecule has 1 aliphatic rings. The molecule has 1 aromatic heterocycles. The predicted octanol–water partition coefficient (Wildman–Crippen LogP) is 2.43. The van der Waals surface area contributed by atoms with Crippen molar-refractivity contribution in [2.75, 3.05) is 19.6 Å². The van der Waals surface area contributed by atoms with E-state index in [1.165, 1.54) is 22.0 Å². The lowest BCUT2D eigenvalue weighted by Crippen LogP contribution is -2.49. The molecule has 2 unspecified atom stereocenters. The number of piperidine rings is 1. The molecule has 0 saturated carbocycles. The molecule has 2 atom stereocenters. The summed E-state index contributed by atoms with van der Waals surface area (Å²) in [5.41, 5.74) is 3.62. The van der Waals surface area contributed by atoms with Crippen LogP contribution in [0.3, 0.4) is 0 Å². The summed E-state index contributed by atoms with van der Waals surface area (Å²) in [5, 5.41) is 14.1. The second-order valence-electron chi connectivity index (χ2n) is 6.57. The number of rotatable bonds is 3. The Morgan fingerprint density at radius 3 is 3.09 bits per heavy atom. The van der Waals surface area contributed by atoms with Gasteiger partial charge >= 0.3 is 6.03 Å². The number of urea groups is 1. The van der Waals surface area contributed by atoms with Crippen LogP contribution in [0.2, 0.25) is 0 Å². The van der Waals surface area contributed by atoms with Crippen LogP contribution in [0.5, 0.6) is 0 Å². The topological polar surface area (TPSA) is 68.4 Å². The molecule has 3 rings (SSSR count). The van der Waals surface area contributed by atoms with Crippen LogP contribution in [-0.2, 0) is 6.42 Å². The predicted molar refractivity (Wildman–Crippen MR) is 91.5 cm³/mol. The molecule has 1 aromatic carbocycles. The van der Waals surface area contributed by atoms with Gasteiger partial charge in [-0.25, -0.2) is 4.79 Å². The summed E-state index contributed by atoms with van der Waals surface area (Å²) >= 11 is 0. The number of nitrogens with one attached hydrogen (secondary N) is 2. The SMILES string of the molecule is Cc1cccc2c(CCNC(=O)N3CCC(C)C(O)C3)c[nH]c12. The lowest BCUT2D eigenvalue weighted by atomic mass is 9.96. The number of H-pyrrole nitrogens is 1. The van der Waals surface area contributed by atoms with Gasteiger partial charge in [-0.05, 0) is 36.8 Å². The van der Waals surface area contributed by atoms with Crippen LogP contribution < -0.4 is 5.32 Å². The number of fused-ring (bicyclic) bond motifs is 1. The second-order valence-corrected chi connectivity index (χ2v) is 6.57. The van der Waals surface area contributed by atoms with Gasteiger partial charge in [-0.1, -0.05) is 25.1 Å². The molecule has 124 valence electrons. The molecule has 2 heterocycles. The highest BCUT2D eigenvalue weighted by Gasteiger charge is 2.26. The van der Waals surface area contributed by atoms with Crippen LogP contribution in [0.4, 0.5) is 4.79 Å². The molecule has 23 heavy (non-hydrogen) atoms. The first-order chi connectivity index (χ1) is 11.1. The number of carbonyl (C=O) groups excluding carboxylic acids is 1. The number of hydrogen-bond acceptors (Lipinski definition) is 2. The summed E-state index contributed by atoms with van der Waals surface area (Å²) in [6.45, 7) is 5.86. The molecule has 5 heteroatoms. The summed E-state index contributed by atoms with van der Waals surface area (Å²) in [5.74, 6) is 0.272. The molecular weight excluding hydrogens is 290 g/mol. The normalized spacial score (nSPS) is 21.6. The van der Waals surface area contributed by atoms with Gasteiger partial charge in [-0.15, -0.1) is 0 Å². The Morgan fingerprint density at radius 1 is 1.48 bits per heavy atom. The van der Waals surface area contributed by atoms with Crippen LogP contribution in [0.25, 0.3) is 10.9 Å². The van der Waals surface area contributed by atoms with E-state index >= 15 is 0 Å². The molecular formula is C18H25N3O2. The van der Waals surface area contributed by atoms with Gasteiger partial charge < -0.3 is 20.3 Å². The zero-order valence-electron chi connectivity index (χ0n) is 13.8. The third-order valence-electron chi connectivity index (χ3n) is 4.89. The minimum absolute atomic E-state index is 0.0769. The van der Waals surface area contributed by atoms with Gasteiger partial charge in [0.2, 0.25) is 0 Å². The number of likely N-dealkylation sites (tertiary alicyclic amines) is 1. The maximum absolute atomic E-state index is 12.2. The number of aliphatic hydroxyl groups is 1. The highest BCUT2D eigenvalue weighted by molar-refractivity contribution is 5.86. The van der Waals surface area contributed by atoms with Crippen LogP contribution in [0.15, 0.2) is 24.4 Å². The lowest BCUT2D eigenvalue weighted by molar-refractivity contribution is 0.0436. The second kappa shape index (κ2) is 6.62. The smallest absolute Gasteiger partial charge is 0.317 e. The summed E-state index contributed by atoms with van der Waals surface area (Å²) in [7, 11) is 0. The third kappa shape index (κ3) is 3.34. The molecule has 2 amide bonds. The van der Waals surface area contributed by atoms with Crippen molar-refractivity contribution in [3.8, 4) is 0 Å². The first-order valence-electron chi connectivity index (χ1n) is 8.32. The van der Waals surface area contributed by atoms with Crippen LogP contribution in [0.1, 0.15) is 24.5 Å². The molecule has 0 radical (unpaired) electrons. The quantitative estimate of drug-likeness (QED) is 0.814. The Balaban J connectivity index is 1.54. The van der Waals surface area contributed by atoms with Crippen molar-refractivity contribution in [3.05, 3.63) is 35.5 Å². The highest BCUT2D eigenvalue weighted by Crippen LogP contribution is 2.21. The molecule has 1 saturated heterocycles. The number of carbonyl (C=O) groups is 1. The number of aliphatic hydroxyl groups excluding tert-OH is 1. The average Bonchev–Trinajstić information content (AvgIpc) is 2.95. The zero-order valence-corrected chi connectivity index (χ0v) is 13.8. The third-order valence-corrected chi connectivity index (χ3v) is 4.89. The molecule has 1 fully saturated rings. The van der Waals surface area contributed by atoms with E-state index in [1.807, 2.05) is 13.1 Å². The Bertz CT molecular complexity index is 695. The number of β-amino-alcohol motifs (C(OH)–C–C–N with tert-alkyl or cyclic N) is 1. The van der Waals surface area contributed by atoms with Crippen LogP contribution in [0, 0.1) is 12.8 Å². The number of aromatic amines is 1. The Morgan fingerprint density at radius 2 is 2.30 bits per heavy atom. The zero-order chi connectivity index (χ0) is 16.4. The molecule has 5 nitrogen and oxygen atoms in total. The van der Waals surface area contributed by atoms with Crippen molar-refractivity contribution < 1.29 is 9.90 Å². The highest BCUT2D eigenvalue weighted by atomic mass is 16.3. The summed E-state index contributed by atoms with van der Waals surface area (Å²) in [6.07, 6.45) is 3.26. The fourth-order valence-electron chi connectivity index (χ4n) is 3.22. The van der Waals surface area contributed by atoms with E-state index < -0.39 is 6.10 Å². The summed E-state index contributed by atoms with van der Waals surface area (Å²) in [6, 6.07) is 6.18. The molecule has 2 aromatic rings. The number of para-hydroxylation sites is 1. The minimum atomic E-state index is -0.411. The van der Waals surface area contributed by atoms with E-state index in [9.17, 15) is 9.90 Å². The molecule has 0 bridgehead atoms. The van der Waals surface area contributed by atoms with Gasteiger partial charge in [-0.2, -0.15) is 0 Å². The first kappa shape index (κ1) is 15.9. The fourth-order valence-corrected chi connectivity index (χ4v) is 3.22.